The Labute approximate surface area is 159 Å². The molecular formula is C19H31ClN2O4. The molecule has 0 heterocycles. The summed E-state index contributed by atoms with van der Waals surface area (Å²) in [7, 11) is 3.30. The first-order valence-electron chi connectivity index (χ1n) is 8.68. The van der Waals surface area contributed by atoms with Gasteiger partial charge in [0.15, 0.2) is 5.87 Å². The molecule has 0 radical (unpaired) electrons. The maximum absolute atomic E-state index is 8.49. The maximum atomic E-state index is 8.49. The number of unbranched alkanes of at least 4 members (excludes halogenated alkanes) is 3. The van der Waals surface area contributed by atoms with E-state index < -0.39 is 10.2 Å². The lowest BCUT2D eigenvalue weighted by atomic mass is 10.0. The van der Waals surface area contributed by atoms with Crippen LogP contribution in [0.1, 0.15) is 43.7 Å². The van der Waals surface area contributed by atoms with Crippen LogP contribution < -0.4 is 18.6 Å². The Balaban J connectivity index is 0.00000110. The second-order valence-electron chi connectivity index (χ2n) is 6.61. The summed E-state index contributed by atoms with van der Waals surface area (Å²) in [6.07, 6.45) is 6.50. The minimum Gasteiger partial charge on any atom is -0.304 e. The van der Waals surface area contributed by atoms with E-state index in [1.54, 1.807) is 0 Å². The molecule has 0 spiro atoms. The van der Waals surface area contributed by atoms with Crippen LogP contribution in [0.3, 0.4) is 0 Å². The molecule has 26 heavy (non-hydrogen) atoms. The summed E-state index contributed by atoms with van der Waals surface area (Å²) in [5.41, 5.74) is 3.96. The number of halogens is 1. The zero-order valence-electron chi connectivity index (χ0n) is 16.5. The summed E-state index contributed by atoms with van der Waals surface area (Å²) in [6, 6.07) is 9.03. The van der Waals surface area contributed by atoms with Gasteiger partial charge in [-0.1, -0.05) is 50.5 Å². The van der Waals surface area contributed by atoms with Crippen LogP contribution in [0.2, 0.25) is 0 Å². The normalized spacial score (nSPS) is 10.8. The highest BCUT2D eigenvalue weighted by atomic mass is 35.7. The minimum absolute atomic E-state index is 0.911. The monoisotopic (exact) mass is 386 g/mol. The number of benzene rings is 1. The van der Waals surface area contributed by atoms with Gasteiger partial charge in [-0.2, -0.15) is 4.58 Å². The van der Waals surface area contributed by atoms with Crippen molar-refractivity contribution in [1.29, 1.82) is 0 Å². The summed E-state index contributed by atoms with van der Waals surface area (Å²) in [6.45, 7) is 3.17. The highest BCUT2D eigenvalue weighted by molar-refractivity contribution is 5.88. The van der Waals surface area contributed by atoms with Crippen molar-refractivity contribution < 1.29 is 33.5 Å². The Morgan fingerprint density at radius 3 is 1.96 bits per heavy atom. The fourth-order valence-corrected chi connectivity index (χ4v) is 2.41. The molecule has 1 aromatic carbocycles. The lowest BCUT2D eigenvalue weighted by Gasteiger charge is -2.17. The van der Waals surface area contributed by atoms with E-state index in [-0.39, 0.29) is 0 Å². The molecule has 0 unspecified atom stereocenters. The summed E-state index contributed by atoms with van der Waals surface area (Å²) < 4.78 is 36.0. The van der Waals surface area contributed by atoms with Crippen LogP contribution >= 0.6 is 0 Å². The molecule has 1 rings (SSSR count). The second-order valence-corrected chi connectivity index (χ2v) is 7.36. The van der Waals surface area contributed by atoms with Crippen LogP contribution in [0.25, 0.3) is 5.57 Å². The molecule has 6 nitrogen and oxygen atoms in total. The molecule has 0 atom stereocenters. The van der Waals surface area contributed by atoms with Crippen molar-refractivity contribution in [3.05, 3.63) is 35.4 Å². The lowest BCUT2D eigenvalue weighted by molar-refractivity contribution is -2.00. The van der Waals surface area contributed by atoms with Gasteiger partial charge in [-0.15, -0.1) is 10.2 Å². The maximum Gasteiger partial charge on any atom is 0.172 e. The number of nitrogens with zero attached hydrogens (tertiary/aromatic N) is 2. The van der Waals surface area contributed by atoms with Crippen molar-refractivity contribution in [1.82, 2.24) is 4.90 Å². The first kappa shape index (κ1) is 24.8. The summed E-state index contributed by atoms with van der Waals surface area (Å²) in [4.78, 5) is 2.19. The predicted molar refractivity (Wildman–Crippen MR) is 93.4 cm³/mol. The van der Waals surface area contributed by atoms with Crippen LogP contribution in [-0.4, -0.2) is 50.1 Å². The standard InChI is InChI=1S/C19H31N2.ClHO4/c1-6-7-8-9-10-17-11-13-18(14-12-17)19(15-20(2)3)16-21(4)5;2-1(3,4)5/h11-14H,6-10,15H2,1-5H3;(H,2,3,4,5)/q+1;/p-1. The highest BCUT2D eigenvalue weighted by Crippen LogP contribution is 2.15. The molecule has 0 N–H and O–H groups in total. The third kappa shape index (κ3) is 15.0. The number of likely N-dealkylation sites (N-methyl/N-ethyl adjacent to an activating group) is 1. The Hall–Kier alpha value is -1.24. The topological polar surface area (TPSA) is 98.5 Å². The van der Waals surface area contributed by atoms with Gasteiger partial charge in [-0.25, -0.2) is 18.6 Å². The van der Waals surface area contributed by atoms with E-state index in [2.05, 4.69) is 56.1 Å². The average molecular weight is 387 g/mol. The zero-order valence-corrected chi connectivity index (χ0v) is 17.2. The van der Waals surface area contributed by atoms with Gasteiger partial charge >= 0.3 is 0 Å². The molecule has 0 bridgehead atoms. The molecule has 0 aliphatic rings. The molecular weight excluding hydrogens is 356 g/mol. The smallest absolute Gasteiger partial charge is 0.172 e. The average Bonchev–Trinajstić information content (AvgIpc) is 2.49. The van der Waals surface area contributed by atoms with Gasteiger partial charge in [0.2, 0.25) is 0 Å². The lowest BCUT2D eigenvalue weighted by Crippen LogP contribution is -2.68. The second kappa shape index (κ2) is 13.0. The van der Waals surface area contributed by atoms with Crippen LogP contribution in [-0.2, 0) is 6.42 Å². The Bertz CT molecular complexity index is 564. The van der Waals surface area contributed by atoms with E-state index in [1.807, 2.05) is 18.7 Å². The first-order chi connectivity index (χ1) is 12.0. The summed E-state index contributed by atoms with van der Waals surface area (Å²) in [5.74, 6) is 3.42. The molecule has 0 amide bonds. The Kier molecular flexibility index (Phi) is 12.4. The van der Waals surface area contributed by atoms with Crippen molar-refractivity contribution in [2.45, 2.75) is 39.0 Å². The fraction of sp³-hybridized carbons (Fsp3) is 0.579. The van der Waals surface area contributed by atoms with Crippen molar-refractivity contribution in [2.24, 2.45) is 0 Å². The molecule has 0 aliphatic carbocycles. The van der Waals surface area contributed by atoms with Gasteiger partial charge in [0.1, 0.15) is 14.1 Å². The number of hydrogen-bond acceptors (Lipinski definition) is 5. The van der Waals surface area contributed by atoms with Gasteiger partial charge in [-0.3, -0.25) is 0 Å². The van der Waals surface area contributed by atoms with Crippen LogP contribution in [0, 0.1) is 10.2 Å². The molecule has 148 valence electrons. The SMILES string of the molecule is CCCCCCc1ccc(C(=C=[N+](C)C)CN(C)C)cc1.[O-][Cl+3]([O-])([O-])[O-]. The van der Waals surface area contributed by atoms with Crippen molar-refractivity contribution in [3.63, 3.8) is 0 Å². The van der Waals surface area contributed by atoms with Crippen molar-refractivity contribution in [3.8, 4) is 0 Å². The quantitative estimate of drug-likeness (QED) is 0.322. The Morgan fingerprint density at radius 2 is 1.54 bits per heavy atom. The van der Waals surface area contributed by atoms with Crippen molar-refractivity contribution in [2.75, 3.05) is 34.7 Å². The van der Waals surface area contributed by atoms with E-state index in [0.717, 1.165) is 6.54 Å². The largest absolute Gasteiger partial charge is 0.304 e. The van der Waals surface area contributed by atoms with Crippen LogP contribution in [0.15, 0.2) is 24.3 Å². The summed E-state index contributed by atoms with van der Waals surface area (Å²) in [5, 5.41) is 0. The molecule has 1 aromatic rings. The Morgan fingerprint density at radius 1 is 1.00 bits per heavy atom. The van der Waals surface area contributed by atoms with E-state index in [1.165, 1.54) is 48.8 Å². The third-order valence-corrected chi connectivity index (χ3v) is 3.45. The molecule has 0 fully saturated rings. The van der Waals surface area contributed by atoms with E-state index in [0.29, 0.717) is 0 Å². The van der Waals surface area contributed by atoms with E-state index in [4.69, 9.17) is 18.6 Å². The number of hydrogen-bond donors (Lipinski definition) is 0. The van der Waals surface area contributed by atoms with Gasteiger partial charge in [0.25, 0.3) is 0 Å². The number of rotatable bonds is 8. The predicted octanol–water partition coefficient (Wildman–Crippen LogP) is -1.06. The van der Waals surface area contributed by atoms with Gasteiger partial charge in [0, 0.05) is 6.54 Å². The van der Waals surface area contributed by atoms with Crippen LogP contribution in [0.4, 0.5) is 0 Å². The van der Waals surface area contributed by atoms with E-state index in [9.17, 15) is 0 Å². The molecule has 0 aromatic heterocycles. The highest BCUT2D eigenvalue weighted by Gasteiger charge is 2.06. The molecule has 0 saturated heterocycles. The van der Waals surface area contributed by atoms with Gasteiger partial charge < -0.3 is 4.90 Å². The minimum atomic E-state index is -4.94. The third-order valence-electron chi connectivity index (χ3n) is 3.45. The van der Waals surface area contributed by atoms with Crippen LogP contribution in [0.5, 0.6) is 0 Å². The molecule has 7 heteroatoms. The fourth-order valence-electron chi connectivity index (χ4n) is 2.41. The molecule has 0 aliphatic heterocycles. The number of aryl methyl sites for hydroxylation is 1. The van der Waals surface area contributed by atoms with Crippen molar-refractivity contribution >= 4 is 11.4 Å². The molecule has 0 saturated carbocycles. The summed E-state index contributed by atoms with van der Waals surface area (Å²) >= 11 is 0. The van der Waals surface area contributed by atoms with E-state index >= 15 is 0 Å². The van der Waals surface area contributed by atoms with Gasteiger partial charge in [-0.05, 0) is 38.1 Å². The van der Waals surface area contributed by atoms with Gasteiger partial charge in [0.05, 0.1) is 5.57 Å². The first-order valence-corrected chi connectivity index (χ1v) is 9.92. The zero-order chi connectivity index (χ0) is 20.2.